The Morgan fingerprint density at radius 2 is 2.00 bits per heavy atom. The molecule has 0 saturated carbocycles. The lowest BCUT2D eigenvalue weighted by Gasteiger charge is -2.03. The zero-order valence-electron chi connectivity index (χ0n) is 14.0. The molecule has 0 saturated heterocycles. The average molecular weight is 336 g/mol. The van der Waals surface area contributed by atoms with Crippen molar-refractivity contribution in [2.75, 3.05) is 7.11 Å². The van der Waals surface area contributed by atoms with E-state index in [2.05, 4.69) is 15.2 Å². The Labute approximate surface area is 142 Å². The molecule has 0 radical (unpaired) electrons. The summed E-state index contributed by atoms with van der Waals surface area (Å²) in [5.41, 5.74) is 3.19. The van der Waals surface area contributed by atoms with Crippen molar-refractivity contribution in [3.05, 3.63) is 58.9 Å². The third kappa shape index (κ3) is 2.38. The van der Waals surface area contributed by atoms with Crippen LogP contribution in [0.3, 0.4) is 0 Å². The summed E-state index contributed by atoms with van der Waals surface area (Å²) in [7, 11) is 3.10. The molecule has 0 aliphatic carbocycles. The topological polar surface area (TPSA) is 79.8 Å². The van der Waals surface area contributed by atoms with Gasteiger partial charge in [-0.05, 0) is 36.8 Å². The van der Waals surface area contributed by atoms with E-state index in [1.54, 1.807) is 24.1 Å². The second-order valence-corrected chi connectivity index (χ2v) is 5.72. The van der Waals surface area contributed by atoms with Gasteiger partial charge in [0.05, 0.1) is 30.2 Å². The minimum atomic E-state index is -0.272. The molecule has 8 heteroatoms. The van der Waals surface area contributed by atoms with E-state index in [9.17, 15) is 4.79 Å². The molecule has 0 spiro atoms. The van der Waals surface area contributed by atoms with Crippen LogP contribution in [-0.2, 0) is 7.05 Å². The molecular weight excluding hydrogens is 320 g/mol. The average Bonchev–Trinajstić information content (AvgIpc) is 3.16. The molecule has 3 heterocycles. The van der Waals surface area contributed by atoms with Gasteiger partial charge in [0.1, 0.15) is 0 Å². The largest absolute Gasteiger partial charge is 0.467 e. The number of methoxy groups -OCH3 is 1. The van der Waals surface area contributed by atoms with Crippen molar-refractivity contribution in [2.24, 2.45) is 7.05 Å². The molecule has 25 heavy (non-hydrogen) atoms. The number of hydrogen-bond donors (Lipinski definition) is 0. The van der Waals surface area contributed by atoms with Gasteiger partial charge in [-0.15, -0.1) is 5.10 Å². The monoisotopic (exact) mass is 336 g/mol. The molecule has 8 nitrogen and oxygen atoms in total. The first-order valence-corrected chi connectivity index (χ1v) is 7.69. The van der Waals surface area contributed by atoms with Crippen molar-refractivity contribution < 1.29 is 4.74 Å². The number of benzene rings is 1. The SMILES string of the molecule is COc1nn(-c2ccc3nn(-c4cnccc4C)cc3c2)c(=O)n1C. The van der Waals surface area contributed by atoms with Gasteiger partial charge < -0.3 is 4.74 Å². The number of nitrogens with zero attached hydrogens (tertiary/aromatic N) is 6. The van der Waals surface area contributed by atoms with E-state index >= 15 is 0 Å². The fourth-order valence-electron chi connectivity index (χ4n) is 2.73. The molecule has 4 aromatic rings. The number of ether oxygens (including phenoxy) is 1. The fourth-order valence-corrected chi connectivity index (χ4v) is 2.73. The maximum atomic E-state index is 12.3. The Bertz CT molecular complexity index is 1140. The van der Waals surface area contributed by atoms with Gasteiger partial charge in [0.25, 0.3) is 0 Å². The summed E-state index contributed by atoms with van der Waals surface area (Å²) in [6, 6.07) is 7.74. The van der Waals surface area contributed by atoms with Crippen LogP contribution in [0.4, 0.5) is 0 Å². The van der Waals surface area contributed by atoms with Gasteiger partial charge in [0.15, 0.2) is 0 Å². The number of aryl methyl sites for hydroxylation is 1. The lowest BCUT2D eigenvalue weighted by Crippen LogP contribution is -2.21. The van der Waals surface area contributed by atoms with E-state index in [4.69, 9.17) is 4.74 Å². The normalized spacial score (nSPS) is 11.2. The first kappa shape index (κ1) is 15.1. The van der Waals surface area contributed by atoms with Crippen LogP contribution in [0.2, 0.25) is 0 Å². The predicted molar refractivity (Wildman–Crippen MR) is 92.5 cm³/mol. The molecule has 0 fully saturated rings. The predicted octanol–water partition coefficient (Wildman–Crippen LogP) is 1.62. The summed E-state index contributed by atoms with van der Waals surface area (Å²) in [4.78, 5) is 16.5. The zero-order chi connectivity index (χ0) is 17.6. The second-order valence-electron chi connectivity index (χ2n) is 5.72. The number of pyridine rings is 1. The highest BCUT2D eigenvalue weighted by Crippen LogP contribution is 2.20. The third-order valence-electron chi connectivity index (χ3n) is 4.11. The van der Waals surface area contributed by atoms with Crippen LogP contribution in [-0.4, -0.2) is 36.2 Å². The molecule has 4 rings (SSSR count). The van der Waals surface area contributed by atoms with Crippen LogP contribution in [0.5, 0.6) is 6.01 Å². The van der Waals surface area contributed by atoms with Crippen LogP contribution in [0.15, 0.2) is 47.7 Å². The van der Waals surface area contributed by atoms with E-state index in [0.29, 0.717) is 5.69 Å². The Hall–Kier alpha value is -3.42. The van der Waals surface area contributed by atoms with Crippen LogP contribution in [0.25, 0.3) is 22.3 Å². The molecule has 0 bridgehead atoms. The van der Waals surface area contributed by atoms with Crippen molar-refractivity contribution in [1.82, 2.24) is 29.1 Å². The summed E-state index contributed by atoms with van der Waals surface area (Å²) in [5, 5.41) is 9.67. The highest BCUT2D eigenvalue weighted by atomic mass is 16.5. The lowest BCUT2D eigenvalue weighted by atomic mass is 10.2. The number of fused-ring (bicyclic) bond motifs is 1. The molecule has 0 aliphatic rings. The molecular formula is C17H16N6O2. The summed E-state index contributed by atoms with van der Waals surface area (Å²) in [5.74, 6) is 0. The van der Waals surface area contributed by atoms with Crippen LogP contribution in [0.1, 0.15) is 5.56 Å². The van der Waals surface area contributed by atoms with E-state index in [0.717, 1.165) is 22.2 Å². The Morgan fingerprint density at radius 3 is 2.72 bits per heavy atom. The van der Waals surface area contributed by atoms with E-state index < -0.39 is 0 Å². The zero-order valence-corrected chi connectivity index (χ0v) is 14.0. The summed E-state index contributed by atoms with van der Waals surface area (Å²) in [6.07, 6.45) is 5.44. The van der Waals surface area contributed by atoms with Crippen LogP contribution < -0.4 is 10.4 Å². The molecule has 0 amide bonds. The first-order valence-electron chi connectivity index (χ1n) is 7.69. The second kappa shape index (κ2) is 5.59. The molecule has 0 aliphatic heterocycles. The fraction of sp³-hybridized carbons (Fsp3) is 0.176. The Morgan fingerprint density at radius 1 is 1.16 bits per heavy atom. The van der Waals surface area contributed by atoms with Crippen LogP contribution in [0, 0.1) is 6.92 Å². The van der Waals surface area contributed by atoms with Gasteiger partial charge in [-0.2, -0.15) is 9.78 Å². The molecule has 3 aromatic heterocycles. The van der Waals surface area contributed by atoms with E-state index in [1.165, 1.54) is 16.4 Å². The van der Waals surface area contributed by atoms with Crippen molar-refractivity contribution >= 4 is 10.9 Å². The standard InChI is InChI=1S/C17H16N6O2/c1-11-6-7-18-9-15(11)22-10-12-8-13(4-5-14(12)19-22)23-17(24)21(2)16(20-23)25-3/h4-10H,1-3H3. The minimum absolute atomic E-state index is 0.256. The van der Waals surface area contributed by atoms with Gasteiger partial charge in [-0.25, -0.2) is 14.0 Å². The van der Waals surface area contributed by atoms with Crippen LogP contribution >= 0.6 is 0 Å². The van der Waals surface area contributed by atoms with Gasteiger partial charge in [0, 0.05) is 24.8 Å². The van der Waals surface area contributed by atoms with Gasteiger partial charge in [0.2, 0.25) is 0 Å². The summed E-state index contributed by atoms with van der Waals surface area (Å²) in [6.45, 7) is 2.01. The van der Waals surface area contributed by atoms with Crippen molar-refractivity contribution in [3.8, 4) is 17.4 Å². The van der Waals surface area contributed by atoms with Crippen molar-refractivity contribution in [2.45, 2.75) is 6.92 Å². The first-order chi connectivity index (χ1) is 12.1. The van der Waals surface area contributed by atoms with Gasteiger partial charge >= 0.3 is 11.7 Å². The molecule has 126 valence electrons. The number of rotatable bonds is 3. The number of hydrogen-bond acceptors (Lipinski definition) is 5. The highest BCUT2D eigenvalue weighted by molar-refractivity contribution is 5.80. The van der Waals surface area contributed by atoms with Gasteiger partial charge in [-0.1, -0.05) is 0 Å². The Kier molecular flexibility index (Phi) is 3.38. The summed E-state index contributed by atoms with van der Waals surface area (Å²) < 4.78 is 9.55. The summed E-state index contributed by atoms with van der Waals surface area (Å²) >= 11 is 0. The van der Waals surface area contributed by atoms with Crippen molar-refractivity contribution in [1.29, 1.82) is 0 Å². The quantitative estimate of drug-likeness (QED) is 0.568. The van der Waals surface area contributed by atoms with Gasteiger partial charge in [-0.3, -0.25) is 4.98 Å². The lowest BCUT2D eigenvalue weighted by molar-refractivity contribution is 0.362. The molecule has 0 unspecified atom stereocenters. The molecule has 1 aromatic carbocycles. The minimum Gasteiger partial charge on any atom is -0.467 e. The molecule has 0 atom stereocenters. The Balaban J connectivity index is 1.84. The smallest absolute Gasteiger partial charge is 0.353 e. The number of aromatic nitrogens is 6. The van der Waals surface area contributed by atoms with E-state index in [1.807, 2.05) is 37.4 Å². The van der Waals surface area contributed by atoms with E-state index in [-0.39, 0.29) is 11.7 Å². The molecule has 0 N–H and O–H groups in total. The third-order valence-corrected chi connectivity index (χ3v) is 4.11. The maximum Gasteiger partial charge on any atom is 0.353 e. The highest BCUT2D eigenvalue weighted by Gasteiger charge is 2.13. The van der Waals surface area contributed by atoms with Crippen molar-refractivity contribution in [3.63, 3.8) is 0 Å². The maximum absolute atomic E-state index is 12.3.